The highest BCUT2D eigenvalue weighted by molar-refractivity contribution is 5.95. The van der Waals surface area contributed by atoms with Crippen molar-refractivity contribution < 1.29 is 14.3 Å². The highest BCUT2D eigenvalue weighted by atomic mass is 16.6. The molecule has 2 aliphatic rings. The molecule has 2 heterocycles. The zero-order valence-corrected chi connectivity index (χ0v) is 16.1. The summed E-state index contributed by atoms with van der Waals surface area (Å²) in [6.07, 6.45) is 1.57. The Morgan fingerprint density at radius 3 is 2.71 bits per heavy atom. The minimum Gasteiger partial charge on any atom is -0.447 e. The molecule has 1 atom stereocenters. The van der Waals surface area contributed by atoms with E-state index in [1.165, 1.54) is 11.1 Å². The number of aryl methyl sites for hydroxylation is 1. The zero-order chi connectivity index (χ0) is 19.5. The van der Waals surface area contributed by atoms with Crippen LogP contribution in [0, 0.1) is 6.92 Å². The molecule has 0 radical (unpaired) electrons. The van der Waals surface area contributed by atoms with Crippen LogP contribution >= 0.6 is 0 Å². The number of nitrogens with zero attached hydrogens (tertiary/aromatic N) is 2. The van der Waals surface area contributed by atoms with E-state index in [9.17, 15) is 9.59 Å². The summed E-state index contributed by atoms with van der Waals surface area (Å²) in [5.41, 5.74) is 3.99. The average Bonchev–Trinajstić information content (AvgIpc) is 3.31. The van der Waals surface area contributed by atoms with Gasteiger partial charge in [-0.3, -0.25) is 14.6 Å². The van der Waals surface area contributed by atoms with Gasteiger partial charge in [-0.15, -0.1) is 0 Å². The van der Waals surface area contributed by atoms with Gasteiger partial charge in [-0.2, -0.15) is 0 Å². The first-order valence-corrected chi connectivity index (χ1v) is 9.75. The predicted molar refractivity (Wildman–Crippen MR) is 108 cm³/mol. The number of cyclic esters (lactones) is 1. The maximum atomic E-state index is 12.8. The van der Waals surface area contributed by atoms with E-state index in [1.807, 2.05) is 24.3 Å². The van der Waals surface area contributed by atoms with Gasteiger partial charge in [0.15, 0.2) is 0 Å². The fourth-order valence-electron chi connectivity index (χ4n) is 3.94. The number of rotatable bonds is 5. The summed E-state index contributed by atoms with van der Waals surface area (Å²) in [6.45, 7) is 4.78. The maximum absolute atomic E-state index is 12.8. The van der Waals surface area contributed by atoms with Crippen LogP contribution in [-0.2, 0) is 16.1 Å². The Kier molecular flexibility index (Phi) is 5.30. The summed E-state index contributed by atoms with van der Waals surface area (Å²) in [5.74, 6) is 0.0264. The van der Waals surface area contributed by atoms with Gasteiger partial charge in [0.25, 0.3) is 0 Å². The number of likely N-dealkylation sites (tertiary alicyclic amines) is 1. The van der Waals surface area contributed by atoms with Crippen LogP contribution in [0.25, 0.3) is 0 Å². The van der Waals surface area contributed by atoms with E-state index in [-0.39, 0.29) is 18.0 Å². The third-order valence-corrected chi connectivity index (χ3v) is 5.34. The molecule has 2 amide bonds. The topological polar surface area (TPSA) is 61.9 Å². The van der Waals surface area contributed by atoms with Crippen molar-refractivity contribution >= 4 is 23.4 Å². The van der Waals surface area contributed by atoms with E-state index in [0.29, 0.717) is 13.2 Å². The Hall–Kier alpha value is -2.86. The predicted octanol–water partition coefficient (Wildman–Crippen LogP) is 3.55. The average molecular weight is 379 g/mol. The summed E-state index contributed by atoms with van der Waals surface area (Å²) >= 11 is 0. The van der Waals surface area contributed by atoms with Gasteiger partial charge < -0.3 is 10.1 Å². The van der Waals surface area contributed by atoms with Crippen LogP contribution in [0.5, 0.6) is 0 Å². The van der Waals surface area contributed by atoms with Crippen LogP contribution in [0.2, 0.25) is 0 Å². The molecule has 2 aromatic rings. The molecule has 6 heteroatoms. The molecule has 0 bridgehead atoms. The number of amides is 2. The van der Waals surface area contributed by atoms with Gasteiger partial charge in [0.2, 0.25) is 5.91 Å². The van der Waals surface area contributed by atoms with Crippen molar-refractivity contribution in [1.29, 1.82) is 0 Å². The molecule has 4 rings (SSSR count). The Morgan fingerprint density at radius 2 is 2.00 bits per heavy atom. The Morgan fingerprint density at radius 1 is 1.18 bits per heavy atom. The molecule has 6 nitrogen and oxygen atoms in total. The second kappa shape index (κ2) is 8.02. The molecule has 2 saturated heterocycles. The SMILES string of the molecule is Cc1cccc(CN2CCCC2C(=O)Nc2ccc(N3CCOC3=O)cc2)c1. The van der Waals surface area contributed by atoms with Crippen molar-refractivity contribution in [3.8, 4) is 0 Å². The first-order valence-electron chi connectivity index (χ1n) is 9.75. The van der Waals surface area contributed by atoms with Gasteiger partial charge in [0.1, 0.15) is 6.61 Å². The summed E-state index contributed by atoms with van der Waals surface area (Å²) in [7, 11) is 0. The van der Waals surface area contributed by atoms with Crippen LogP contribution < -0.4 is 10.2 Å². The van der Waals surface area contributed by atoms with Crippen molar-refractivity contribution in [1.82, 2.24) is 4.90 Å². The lowest BCUT2D eigenvalue weighted by atomic mass is 10.1. The number of nitrogens with one attached hydrogen (secondary N) is 1. The number of anilines is 2. The van der Waals surface area contributed by atoms with Gasteiger partial charge in [-0.1, -0.05) is 29.8 Å². The molecule has 2 aliphatic heterocycles. The quantitative estimate of drug-likeness (QED) is 0.863. The second-order valence-electron chi connectivity index (χ2n) is 7.42. The van der Waals surface area contributed by atoms with E-state index in [1.54, 1.807) is 4.90 Å². The summed E-state index contributed by atoms with van der Waals surface area (Å²) in [6, 6.07) is 15.7. The van der Waals surface area contributed by atoms with Gasteiger partial charge in [-0.05, 0) is 56.1 Å². The molecule has 0 saturated carbocycles. The minimum atomic E-state index is -0.325. The summed E-state index contributed by atoms with van der Waals surface area (Å²) < 4.78 is 4.96. The molecule has 2 fully saturated rings. The van der Waals surface area contributed by atoms with Crippen LogP contribution in [0.15, 0.2) is 48.5 Å². The molecule has 28 heavy (non-hydrogen) atoms. The van der Waals surface area contributed by atoms with E-state index < -0.39 is 0 Å². The molecule has 0 aliphatic carbocycles. The fourth-order valence-corrected chi connectivity index (χ4v) is 3.94. The number of hydrogen-bond acceptors (Lipinski definition) is 4. The number of benzene rings is 2. The fraction of sp³-hybridized carbons (Fsp3) is 0.364. The van der Waals surface area contributed by atoms with Crippen molar-refractivity contribution in [2.24, 2.45) is 0 Å². The van der Waals surface area contributed by atoms with Gasteiger partial charge in [0.05, 0.1) is 12.6 Å². The van der Waals surface area contributed by atoms with Gasteiger partial charge in [-0.25, -0.2) is 4.79 Å². The lowest BCUT2D eigenvalue weighted by molar-refractivity contribution is -0.120. The first kappa shape index (κ1) is 18.5. The third kappa shape index (κ3) is 4.02. The van der Waals surface area contributed by atoms with Crippen molar-refractivity contribution in [2.75, 3.05) is 29.9 Å². The minimum absolute atomic E-state index is 0.0264. The third-order valence-electron chi connectivity index (χ3n) is 5.34. The number of carbonyl (C=O) groups excluding carboxylic acids is 2. The number of hydrogen-bond donors (Lipinski definition) is 1. The standard InChI is InChI=1S/C22H25N3O3/c1-16-4-2-5-17(14-16)15-24-11-3-6-20(24)21(26)23-18-7-9-19(10-8-18)25-12-13-28-22(25)27/h2,4-5,7-10,14,20H,3,6,11-13,15H2,1H3,(H,23,26). The largest absolute Gasteiger partial charge is 0.447 e. The molecule has 2 aromatic carbocycles. The van der Waals surface area contributed by atoms with Crippen LogP contribution in [0.3, 0.4) is 0 Å². The van der Waals surface area contributed by atoms with Crippen molar-refractivity contribution in [2.45, 2.75) is 32.4 Å². The van der Waals surface area contributed by atoms with Crippen molar-refractivity contribution in [3.63, 3.8) is 0 Å². The normalized spacial score (nSPS) is 19.7. The molecule has 1 N–H and O–H groups in total. The van der Waals surface area contributed by atoms with Gasteiger partial charge in [0, 0.05) is 17.9 Å². The van der Waals surface area contributed by atoms with Crippen LogP contribution in [-0.4, -0.2) is 42.6 Å². The number of ether oxygens (including phenoxy) is 1. The smallest absolute Gasteiger partial charge is 0.414 e. The van der Waals surface area contributed by atoms with Gasteiger partial charge >= 0.3 is 6.09 Å². The Balaban J connectivity index is 1.39. The second-order valence-corrected chi connectivity index (χ2v) is 7.42. The molecular formula is C22H25N3O3. The summed E-state index contributed by atoms with van der Waals surface area (Å²) in [4.78, 5) is 28.3. The first-order chi connectivity index (χ1) is 13.6. The van der Waals surface area contributed by atoms with Crippen molar-refractivity contribution in [3.05, 3.63) is 59.7 Å². The van der Waals surface area contributed by atoms with E-state index in [0.717, 1.165) is 37.3 Å². The number of carbonyl (C=O) groups is 2. The van der Waals surface area contributed by atoms with E-state index >= 15 is 0 Å². The van der Waals surface area contributed by atoms with Crippen LogP contribution in [0.1, 0.15) is 24.0 Å². The molecule has 1 unspecified atom stereocenters. The maximum Gasteiger partial charge on any atom is 0.414 e. The van der Waals surface area contributed by atoms with Crippen LogP contribution in [0.4, 0.5) is 16.2 Å². The lowest BCUT2D eigenvalue weighted by Crippen LogP contribution is -2.39. The summed E-state index contributed by atoms with van der Waals surface area (Å²) in [5, 5.41) is 3.02. The molecule has 0 aromatic heterocycles. The molecule has 0 spiro atoms. The van der Waals surface area contributed by atoms with E-state index in [4.69, 9.17) is 4.74 Å². The monoisotopic (exact) mass is 379 g/mol. The molecular weight excluding hydrogens is 354 g/mol. The highest BCUT2D eigenvalue weighted by Gasteiger charge is 2.30. The molecule has 146 valence electrons. The zero-order valence-electron chi connectivity index (χ0n) is 16.1. The lowest BCUT2D eigenvalue weighted by Gasteiger charge is -2.24. The highest BCUT2D eigenvalue weighted by Crippen LogP contribution is 2.24. The van der Waals surface area contributed by atoms with E-state index in [2.05, 4.69) is 41.4 Å². The Bertz CT molecular complexity index is 866. The Labute approximate surface area is 165 Å².